The van der Waals surface area contributed by atoms with Crippen LogP contribution < -0.4 is 10.1 Å². The highest BCUT2D eigenvalue weighted by atomic mass is 16.5. The maximum absolute atomic E-state index is 13.2. The fourth-order valence-electron chi connectivity index (χ4n) is 4.21. The summed E-state index contributed by atoms with van der Waals surface area (Å²) < 4.78 is 11.0. The molecule has 1 aliphatic rings. The van der Waals surface area contributed by atoms with E-state index in [9.17, 15) is 9.59 Å². The third kappa shape index (κ3) is 4.61. The van der Waals surface area contributed by atoms with E-state index in [1.165, 1.54) is 7.11 Å². The summed E-state index contributed by atoms with van der Waals surface area (Å²) in [5.74, 6) is 0.696. The van der Waals surface area contributed by atoms with E-state index in [1.54, 1.807) is 36.4 Å². The average molecular weight is 471 g/mol. The lowest BCUT2D eigenvalue weighted by molar-refractivity contribution is 0.0664. The summed E-state index contributed by atoms with van der Waals surface area (Å²) in [6.45, 7) is 3.01. The zero-order chi connectivity index (χ0) is 24.4. The number of carbonyl (C=O) groups excluding carboxylic acids is 2. The summed E-state index contributed by atoms with van der Waals surface area (Å²) in [4.78, 5) is 30.3. The van der Waals surface area contributed by atoms with Crippen LogP contribution in [0, 0.1) is 0 Å². The van der Waals surface area contributed by atoms with Crippen molar-refractivity contribution >= 4 is 28.4 Å². The minimum Gasteiger partial charge on any atom is -0.495 e. The van der Waals surface area contributed by atoms with Gasteiger partial charge in [-0.25, -0.2) is 0 Å². The summed E-state index contributed by atoms with van der Waals surface area (Å²) in [7, 11) is 3.57. The quantitative estimate of drug-likeness (QED) is 0.472. The molecule has 0 unspecified atom stereocenters. The second-order valence-electron chi connectivity index (χ2n) is 8.57. The Hall–Kier alpha value is -4.17. The predicted octanol–water partition coefficient (Wildman–Crippen LogP) is 4.14. The van der Waals surface area contributed by atoms with Crippen molar-refractivity contribution < 1.29 is 18.8 Å². The molecule has 0 saturated carbocycles. The van der Waals surface area contributed by atoms with E-state index >= 15 is 0 Å². The number of piperazine rings is 1. The number of fused-ring (bicyclic) bond motifs is 1. The number of hydrogen-bond donors (Lipinski definition) is 1. The van der Waals surface area contributed by atoms with Crippen molar-refractivity contribution in [2.75, 3.05) is 45.7 Å². The molecule has 1 fully saturated rings. The van der Waals surface area contributed by atoms with E-state index in [0.29, 0.717) is 46.9 Å². The van der Waals surface area contributed by atoms with Crippen molar-refractivity contribution in [3.63, 3.8) is 0 Å². The lowest BCUT2D eigenvalue weighted by atomic mass is 10.1. The van der Waals surface area contributed by atoms with Crippen LogP contribution in [0.2, 0.25) is 0 Å². The number of amides is 2. The molecule has 178 valence electrons. The van der Waals surface area contributed by atoms with Crippen molar-refractivity contribution in [2.45, 2.75) is 0 Å². The zero-order valence-corrected chi connectivity index (χ0v) is 19.7. The molecule has 4 aromatic rings. The Bertz CT molecular complexity index is 1370. The molecular weight excluding hydrogens is 444 g/mol. The SMILES string of the molecule is COc1ccc(C(=O)N2CCN(C)CC2)cc1NC(=O)c1ccc2noc(-c3ccccc3)c2c1. The van der Waals surface area contributed by atoms with E-state index < -0.39 is 0 Å². The topological polar surface area (TPSA) is 87.9 Å². The molecule has 8 heteroatoms. The maximum atomic E-state index is 13.2. The minimum atomic E-state index is -0.324. The van der Waals surface area contributed by atoms with Crippen LogP contribution in [0.3, 0.4) is 0 Å². The Morgan fingerprint density at radius 1 is 0.943 bits per heavy atom. The molecule has 1 N–H and O–H groups in total. The molecule has 0 radical (unpaired) electrons. The first-order valence-electron chi connectivity index (χ1n) is 11.5. The maximum Gasteiger partial charge on any atom is 0.255 e. The van der Waals surface area contributed by atoms with Gasteiger partial charge in [0.25, 0.3) is 11.8 Å². The van der Waals surface area contributed by atoms with Crippen LogP contribution in [0.1, 0.15) is 20.7 Å². The molecule has 0 bridgehead atoms. The van der Waals surface area contributed by atoms with Gasteiger partial charge >= 0.3 is 0 Å². The van der Waals surface area contributed by atoms with Crippen LogP contribution in [0.15, 0.2) is 71.3 Å². The molecule has 2 amide bonds. The molecule has 5 rings (SSSR count). The van der Waals surface area contributed by atoms with Gasteiger partial charge in [-0.15, -0.1) is 0 Å². The first-order chi connectivity index (χ1) is 17.0. The van der Waals surface area contributed by atoms with Crippen LogP contribution in [-0.4, -0.2) is 67.1 Å². The molecule has 35 heavy (non-hydrogen) atoms. The first-order valence-corrected chi connectivity index (χ1v) is 11.5. The Kier molecular flexibility index (Phi) is 6.20. The van der Waals surface area contributed by atoms with Crippen LogP contribution in [0.5, 0.6) is 5.75 Å². The highest BCUT2D eigenvalue weighted by Gasteiger charge is 2.22. The Labute approximate surface area is 203 Å². The van der Waals surface area contributed by atoms with Crippen molar-refractivity contribution in [2.24, 2.45) is 0 Å². The highest BCUT2D eigenvalue weighted by molar-refractivity contribution is 6.08. The van der Waals surface area contributed by atoms with Gasteiger partial charge in [-0.05, 0) is 43.4 Å². The number of ether oxygens (including phenoxy) is 1. The second-order valence-corrected chi connectivity index (χ2v) is 8.57. The van der Waals surface area contributed by atoms with Gasteiger partial charge in [0.15, 0.2) is 5.76 Å². The van der Waals surface area contributed by atoms with Gasteiger partial charge in [0.2, 0.25) is 0 Å². The Balaban J connectivity index is 1.41. The molecule has 8 nitrogen and oxygen atoms in total. The Morgan fingerprint density at radius 2 is 1.69 bits per heavy atom. The monoisotopic (exact) mass is 470 g/mol. The third-order valence-corrected chi connectivity index (χ3v) is 6.26. The Morgan fingerprint density at radius 3 is 2.43 bits per heavy atom. The standard InChI is InChI=1S/C27H26N4O4/c1-30-12-14-31(15-13-30)27(33)20-9-11-24(34-2)23(17-20)28-26(32)19-8-10-22-21(16-19)25(35-29-22)18-6-4-3-5-7-18/h3-11,16-17H,12-15H2,1-2H3,(H,28,32). The number of rotatable bonds is 5. The second kappa shape index (κ2) is 9.60. The first kappa shape index (κ1) is 22.6. The number of aromatic nitrogens is 1. The summed E-state index contributed by atoms with van der Waals surface area (Å²) in [6.07, 6.45) is 0. The molecule has 0 atom stereocenters. The zero-order valence-electron chi connectivity index (χ0n) is 19.7. The largest absolute Gasteiger partial charge is 0.495 e. The summed E-state index contributed by atoms with van der Waals surface area (Å²) in [6, 6.07) is 19.9. The molecule has 0 spiro atoms. The van der Waals surface area contributed by atoms with Gasteiger partial charge in [-0.1, -0.05) is 35.5 Å². The fraction of sp³-hybridized carbons (Fsp3) is 0.222. The van der Waals surface area contributed by atoms with E-state index in [-0.39, 0.29) is 11.8 Å². The summed E-state index contributed by atoms with van der Waals surface area (Å²) >= 11 is 0. The number of nitrogens with one attached hydrogen (secondary N) is 1. The molecule has 3 aromatic carbocycles. The van der Waals surface area contributed by atoms with Gasteiger partial charge in [-0.3, -0.25) is 9.59 Å². The van der Waals surface area contributed by atoms with E-state index in [4.69, 9.17) is 9.26 Å². The molecule has 1 aliphatic heterocycles. The van der Waals surface area contributed by atoms with Crippen LogP contribution >= 0.6 is 0 Å². The smallest absolute Gasteiger partial charge is 0.255 e. The number of anilines is 1. The minimum absolute atomic E-state index is 0.0605. The third-order valence-electron chi connectivity index (χ3n) is 6.26. The number of nitrogens with zero attached hydrogens (tertiary/aromatic N) is 3. The number of likely N-dealkylation sites (N-methyl/N-ethyl adjacent to an activating group) is 1. The molecule has 1 aromatic heterocycles. The van der Waals surface area contributed by atoms with E-state index in [1.807, 2.05) is 42.3 Å². The van der Waals surface area contributed by atoms with Crippen molar-refractivity contribution in [3.8, 4) is 17.1 Å². The number of carbonyl (C=O) groups is 2. The molecule has 2 heterocycles. The van der Waals surface area contributed by atoms with Gasteiger partial charge in [0.1, 0.15) is 11.3 Å². The average Bonchev–Trinajstić information content (AvgIpc) is 3.32. The van der Waals surface area contributed by atoms with Gasteiger partial charge in [0.05, 0.1) is 18.2 Å². The summed E-state index contributed by atoms with van der Waals surface area (Å²) in [5, 5.41) is 7.77. The number of methoxy groups -OCH3 is 1. The van der Waals surface area contributed by atoms with Crippen LogP contribution in [-0.2, 0) is 0 Å². The number of hydrogen-bond acceptors (Lipinski definition) is 6. The van der Waals surface area contributed by atoms with Crippen LogP contribution in [0.25, 0.3) is 22.2 Å². The van der Waals surface area contributed by atoms with Gasteiger partial charge in [0, 0.05) is 42.9 Å². The van der Waals surface area contributed by atoms with Crippen LogP contribution in [0.4, 0.5) is 5.69 Å². The summed E-state index contributed by atoms with van der Waals surface area (Å²) in [5.41, 5.74) is 2.93. The van der Waals surface area contributed by atoms with E-state index in [2.05, 4.69) is 15.4 Å². The predicted molar refractivity (Wildman–Crippen MR) is 134 cm³/mol. The fourth-order valence-corrected chi connectivity index (χ4v) is 4.21. The molecular formula is C27H26N4O4. The lowest BCUT2D eigenvalue weighted by Crippen LogP contribution is -2.47. The van der Waals surface area contributed by atoms with Gasteiger partial charge < -0.3 is 24.4 Å². The van der Waals surface area contributed by atoms with Crippen molar-refractivity contribution in [1.82, 2.24) is 15.0 Å². The lowest BCUT2D eigenvalue weighted by Gasteiger charge is -2.32. The molecule has 0 aliphatic carbocycles. The van der Waals surface area contributed by atoms with Crippen molar-refractivity contribution in [3.05, 3.63) is 77.9 Å². The highest BCUT2D eigenvalue weighted by Crippen LogP contribution is 2.30. The normalized spacial score (nSPS) is 14.2. The van der Waals surface area contributed by atoms with E-state index in [0.717, 1.165) is 24.0 Å². The van der Waals surface area contributed by atoms with Crippen molar-refractivity contribution in [1.29, 1.82) is 0 Å². The number of benzene rings is 3. The molecule has 1 saturated heterocycles. The van der Waals surface area contributed by atoms with Gasteiger partial charge in [-0.2, -0.15) is 0 Å².